The highest BCUT2D eigenvalue weighted by molar-refractivity contribution is 5.95. The van der Waals surface area contributed by atoms with E-state index in [1.165, 1.54) is 30.3 Å². The highest BCUT2D eigenvalue weighted by Crippen LogP contribution is 2.34. The lowest BCUT2D eigenvalue weighted by Gasteiger charge is -2.14. The van der Waals surface area contributed by atoms with Crippen LogP contribution in [0.5, 0.6) is 5.75 Å². The van der Waals surface area contributed by atoms with Crippen LogP contribution >= 0.6 is 0 Å². The minimum Gasteiger partial charge on any atom is -0.464 e. The number of nitrogens with zero attached hydrogens (tertiary/aromatic N) is 2. The summed E-state index contributed by atoms with van der Waals surface area (Å²) in [6.45, 7) is 0. The molecule has 2 N–H and O–H groups in total. The number of para-hydroxylation sites is 1. The van der Waals surface area contributed by atoms with E-state index in [-0.39, 0.29) is 22.7 Å². The predicted molar refractivity (Wildman–Crippen MR) is 95.5 cm³/mol. The average Bonchev–Trinajstić information content (AvgIpc) is 3.12. The molecule has 2 aromatic carbocycles. The number of nitrogens with two attached hydrogens (primary N) is 1. The molecule has 0 saturated heterocycles. The fourth-order valence-corrected chi connectivity index (χ4v) is 2.68. The number of carbonyl (C=O) groups excluding carboxylic acids is 2. The number of primary amides is 1. The van der Waals surface area contributed by atoms with Crippen LogP contribution < -0.4 is 10.5 Å². The number of hydrogen-bond acceptors (Lipinski definition) is 5. The van der Waals surface area contributed by atoms with Crippen molar-refractivity contribution in [3.63, 3.8) is 0 Å². The minimum absolute atomic E-state index is 0.0950. The van der Waals surface area contributed by atoms with Crippen LogP contribution in [-0.2, 0) is 4.74 Å². The molecule has 0 aliphatic rings. The van der Waals surface area contributed by atoms with E-state index < -0.39 is 18.2 Å². The molecule has 3 rings (SSSR count). The van der Waals surface area contributed by atoms with Gasteiger partial charge in [0.05, 0.1) is 12.8 Å². The molecule has 0 fully saturated rings. The standard InChI is InChI=1S/C19H14F3N3O4/c1-28-18(27)14-10-15(17(23)26)25(24-14)12-6-4-5-11(9-12)13-7-2-3-8-16(13)29-19(20,21)22/h2-10H,1H3,(H2,23,26). The van der Waals surface area contributed by atoms with Crippen LogP contribution in [0.15, 0.2) is 54.6 Å². The maximum atomic E-state index is 12.7. The Bertz CT molecular complexity index is 1080. The van der Waals surface area contributed by atoms with Crippen molar-refractivity contribution in [3.05, 3.63) is 66.0 Å². The second-order valence-electron chi connectivity index (χ2n) is 5.78. The maximum absolute atomic E-state index is 12.7. The van der Waals surface area contributed by atoms with Crippen molar-refractivity contribution in [2.24, 2.45) is 5.73 Å². The Kier molecular flexibility index (Phi) is 5.26. The van der Waals surface area contributed by atoms with Crippen LogP contribution in [0, 0.1) is 0 Å². The van der Waals surface area contributed by atoms with Crippen LogP contribution in [0.1, 0.15) is 21.0 Å². The molecule has 7 nitrogen and oxygen atoms in total. The minimum atomic E-state index is -4.86. The molecule has 0 bridgehead atoms. The number of carbonyl (C=O) groups is 2. The Morgan fingerprint density at radius 2 is 1.79 bits per heavy atom. The summed E-state index contributed by atoms with van der Waals surface area (Å²) in [6, 6.07) is 12.9. The van der Waals surface area contributed by atoms with Gasteiger partial charge in [0.2, 0.25) is 0 Å². The van der Waals surface area contributed by atoms with Gasteiger partial charge in [-0.2, -0.15) is 5.10 Å². The molecule has 1 heterocycles. The third-order valence-corrected chi connectivity index (χ3v) is 3.87. The highest BCUT2D eigenvalue weighted by atomic mass is 19.4. The number of esters is 1. The zero-order valence-corrected chi connectivity index (χ0v) is 14.9. The van der Waals surface area contributed by atoms with Gasteiger partial charge in [-0.25, -0.2) is 9.48 Å². The van der Waals surface area contributed by atoms with Crippen LogP contribution in [0.25, 0.3) is 16.8 Å². The molecule has 0 radical (unpaired) electrons. The summed E-state index contributed by atoms with van der Waals surface area (Å²) in [5.41, 5.74) is 5.95. The van der Waals surface area contributed by atoms with Crippen LogP contribution in [0.2, 0.25) is 0 Å². The van der Waals surface area contributed by atoms with Crippen molar-refractivity contribution < 1.29 is 32.2 Å². The molecule has 0 atom stereocenters. The van der Waals surface area contributed by atoms with Gasteiger partial charge in [0, 0.05) is 11.6 Å². The molecule has 0 saturated carbocycles. The SMILES string of the molecule is COC(=O)c1cc(C(N)=O)n(-c2cccc(-c3ccccc3OC(F)(F)F)c2)n1. The van der Waals surface area contributed by atoms with Crippen molar-refractivity contribution >= 4 is 11.9 Å². The summed E-state index contributed by atoms with van der Waals surface area (Å²) in [7, 11) is 1.16. The summed E-state index contributed by atoms with van der Waals surface area (Å²) in [5.74, 6) is -2.01. The van der Waals surface area contributed by atoms with Crippen LogP contribution in [0.4, 0.5) is 13.2 Å². The summed E-state index contributed by atoms with van der Waals surface area (Å²) in [4.78, 5) is 23.5. The van der Waals surface area contributed by atoms with Gasteiger partial charge in [0.25, 0.3) is 5.91 Å². The van der Waals surface area contributed by atoms with Gasteiger partial charge >= 0.3 is 12.3 Å². The number of aromatic nitrogens is 2. The van der Waals surface area contributed by atoms with E-state index in [2.05, 4.69) is 14.6 Å². The Morgan fingerprint density at radius 3 is 2.45 bits per heavy atom. The number of amides is 1. The van der Waals surface area contributed by atoms with Gasteiger partial charge in [-0.15, -0.1) is 13.2 Å². The second kappa shape index (κ2) is 7.66. The number of methoxy groups -OCH3 is 1. The number of ether oxygens (including phenoxy) is 2. The monoisotopic (exact) mass is 405 g/mol. The topological polar surface area (TPSA) is 96.4 Å². The van der Waals surface area contributed by atoms with Gasteiger partial charge in [-0.3, -0.25) is 4.79 Å². The maximum Gasteiger partial charge on any atom is 0.573 e. The molecule has 10 heteroatoms. The summed E-state index contributed by atoms with van der Waals surface area (Å²) in [5, 5.41) is 4.02. The van der Waals surface area contributed by atoms with Gasteiger partial charge in [0.1, 0.15) is 11.4 Å². The lowest BCUT2D eigenvalue weighted by atomic mass is 10.0. The van der Waals surface area contributed by atoms with E-state index in [9.17, 15) is 22.8 Å². The Balaban J connectivity index is 2.10. The largest absolute Gasteiger partial charge is 0.573 e. The van der Waals surface area contributed by atoms with E-state index in [0.717, 1.165) is 11.8 Å². The lowest BCUT2D eigenvalue weighted by molar-refractivity contribution is -0.274. The number of benzene rings is 2. The Hall–Kier alpha value is -3.82. The highest BCUT2D eigenvalue weighted by Gasteiger charge is 2.32. The lowest BCUT2D eigenvalue weighted by Crippen LogP contribution is -2.17. The molecule has 29 heavy (non-hydrogen) atoms. The fourth-order valence-electron chi connectivity index (χ4n) is 2.68. The van der Waals surface area contributed by atoms with E-state index >= 15 is 0 Å². The normalized spacial score (nSPS) is 11.2. The third-order valence-electron chi connectivity index (χ3n) is 3.87. The van der Waals surface area contributed by atoms with Crippen molar-refractivity contribution in [2.75, 3.05) is 7.11 Å². The second-order valence-corrected chi connectivity index (χ2v) is 5.78. The first-order valence-corrected chi connectivity index (χ1v) is 8.13. The van der Waals surface area contributed by atoms with Crippen molar-refractivity contribution in [1.29, 1.82) is 0 Å². The summed E-state index contributed by atoms with van der Waals surface area (Å²) < 4.78 is 47.9. The molecular formula is C19H14F3N3O4. The van der Waals surface area contributed by atoms with Gasteiger partial charge in [-0.05, 0) is 23.8 Å². The smallest absolute Gasteiger partial charge is 0.464 e. The predicted octanol–water partition coefficient (Wildman–Crippen LogP) is 3.32. The quantitative estimate of drug-likeness (QED) is 0.657. The van der Waals surface area contributed by atoms with E-state index in [0.29, 0.717) is 11.3 Å². The summed E-state index contributed by atoms with van der Waals surface area (Å²) >= 11 is 0. The first kappa shape index (κ1) is 19.9. The van der Waals surface area contributed by atoms with Crippen molar-refractivity contribution in [2.45, 2.75) is 6.36 Å². The molecular weight excluding hydrogens is 391 g/mol. The van der Waals surface area contributed by atoms with E-state index in [1.807, 2.05) is 0 Å². The molecule has 1 amide bonds. The zero-order chi connectivity index (χ0) is 21.2. The first-order valence-electron chi connectivity index (χ1n) is 8.13. The number of hydrogen-bond donors (Lipinski definition) is 1. The fraction of sp³-hybridized carbons (Fsp3) is 0.105. The number of alkyl halides is 3. The molecule has 150 valence electrons. The van der Waals surface area contributed by atoms with Crippen LogP contribution in [0.3, 0.4) is 0 Å². The molecule has 3 aromatic rings. The zero-order valence-electron chi connectivity index (χ0n) is 14.9. The Labute approximate surface area is 162 Å². The first-order chi connectivity index (χ1) is 13.7. The van der Waals surface area contributed by atoms with Crippen molar-refractivity contribution in [1.82, 2.24) is 9.78 Å². The number of halogens is 3. The van der Waals surface area contributed by atoms with Gasteiger partial charge < -0.3 is 15.2 Å². The molecule has 0 spiro atoms. The Morgan fingerprint density at radius 1 is 1.07 bits per heavy atom. The third kappa shape index (κ3) is 4.37. The molecule has 0 unspecified atom stereocenters. The molecule has 0 aliphatic carbocycles. The van der Waals surface area contributed by atoms with Crippen molar-refractivity contribution in [3.8, 4) is 22.6 Å². The summed E-state index contributed by atoms with van der Waals surface area (Å²) in [6.07, 6.45) is -4.86. The van der Waals surface area contributed by atoms with Crippen LogP contribution in [-0.4, -0.2) is 35.1 Å². The molecule has 0 aliphatic heterocycles. The van der Waals surface area contributed by atoms with E-state index in [1.54, 1.807) is 24.3 Å². The van der Waals surface area contributed by atoms with E-state index in [4.69, 9.17) is 5.73 Å². The number of rotatable bonds is 5. The van der Waals surface area contributed by atoms with Gasteiger partial charge in [-0.1, -0.05) is 30.3 Å². The molecule has 1 aromatic heterocycles. The van der Waals surface area contributed by atoms with Gasteiger partial charge in [0.15, 0.2) is 5.69 Å². The average molecular weight is 405 g/mol.